The molecule has 1 saturated carbocycles. The van der Waals surface area contributed by atoms with Gasteiger partial charge >= 0.3 is 0 Å². The monoisotopic (exact) mass is 646 g/mol. The lowest BCUT2D eigenvalue weighted by atomic mass is 9.65. The van der Waals surface area contributed by atoms with E-state index < -0.39 is 15.9 Å². The zero-order chi connectivity index (χ0) is 32.3. The molecule has 246 valence electrons. The van der Waals surface area contributed by atoms with Crippen molar-refractivity contribution in [1.82, 2.24) is 10.2 Å². The standard InChI is InChI=1S/C37H46N2O6S/c1-46(43,44)35-23-30(16-17-34(35)41)45-25-29(40)24-38-28-14-12-26(13-15-28)31-9-3-4-10-32(31)36(42)39-21-19-37(20-22-39)18-6-8-27-7-2-5-11-33(27)37/h2-5,7,9-11,16-17,23,26,28-29,38,40-41H,6,8,12-15,18-22,24-25H2,1H3/t26-,28-,29-/m0/s1. The highest BCUT2D eigenvalue weighted by Crippen LogP contribution is 2.45. The van der Waals surface area contributed by atoms with E-state index in [1.807, 2.05) is 18.2 Å². The first-order valence-electron chi connectivity index (χ1n) is 16.7. The van der Waals surface area contributed by atoms with Crippen LogP contribution >= 0.6 is 0 Å². The number of ether oxygens (including phenoxy) is 1. The minimum Gasteiger partial charge on any atom is -0.507 e. The van der Waals surface area contributed by atoms with Crippen LogP contribution in [-0.2, 0) is 21.7 Å². The fourth-order valence-corrected chi connectivity index (χ4v) is 8.70. The first-order valence-corrected chi connectivity index (χ1v) is 18.6. The highest BCUT2D eigenvalue weighted by Gasteiger charge is 2.40. The molecular formula is C37H46N2O6S. The Hall–Kier alpha value is -3.40. The zero-order valence-electron chi connectivity index (χ0n) is 26.7. The number of carbonyl (C=O) groups excluding carboxylic acids is 1. The van der Waals surface area contributed by atoms with Gasteiger partial charge in [-0.25, -0.2) is 8.42 Å². The normalized spacial score (nSPS) is 21.8. The number of phenols is 1. The average Bonchev–Trinajstić information content (AvgIpc) is 3.07. The number of aliphatic hydroxyl groups excluding tert-OH is 1. The number of aryl methyl sites for hydroxylation is 1. The zero-order valence-corrected chi connectivity index (χ0v) is 27.5. The third-order valence-corrected chi connectivity index (χ3v) is 11.6. The molecule has 0 bridgehead atoms. The number of nitrogens with one attached hydrogen (secondary N) is 1. The van der Waals surface area contributed by atoms with Crippen LogP contribution in [0.25, 0.3) is 0 Å². The summed E-state index contributed by atoms with van der Waals surface area (Å²) in [5, 5.41) is 23.8. The lowest BCUT2D eigenvalue weighted by Crippen LogP contribution is -2.46. The number of aromatic hydroxyl groups is 1. The Bertz CT molecular complexity index is 1640. The van der Waals surface area contributed by atoms with Gasteiger partial charge in [-0.2, -0.15) is 0 Å². The minimum atomic E-state index is -3.60. The fourth-order valence-electron chi connectivity index (χ4n) is 7.93. The van der Waals surface area contributed by atoms with E-state index in [1.165, 1.54) is 42.2 Å². The van der Waals surface area contributed by atoms with Gasteiger partial charge in [0.1, 0.15) is 29.1 Å². The predicted octanol–water partition coefficient (Wildman–Crippen LogP) is 5.36. The number of hydrogen-bond donors (Lipinski definition) is 3. The molecule has 3 N–H and O–H groups in total. The minimum absolute atomic E-state index is 0.00403. The molecule has 0 unspecified atom stereocenters. The molecule has 1 atom stereocenters. The van der Waals surface area contributed by atoms with Crippen LogP contribution in [-0.4, -0.2) is 74.1 Å². The Kier molecular flexibility index (Phi) is 9.73. The molecule has 3 aromatic rings. The molecule has 46 heavy (non-hydrogen) atoms. The molecule has 3 aromatic carbocycles. The van der Waals surface area contributed by atoms with Crippen molar-refractivity contribution in [3.63, 3.8) is 0 Å². The molecule has 1 heterocycles. The van der Waals surface area contributed by atoms with E-state index in [0.29, 0.717) is 12.5 Å². The molecule has 1 aliphatic heterocycles. The second-order valence-corrected chi connectivity index (χ2v) is 15.5. The number of phenolic OH excluding ortho intramolecular Hbond substituents is 1. The molecule has 0 aromatic heterocycles. The van der Waals surface area contributed by atoms with Gasteiger partial charge in [-0.1, -0.05) is 42.5 Å². The SMILES string of the molecule is CS(=O)(=O)c1cc(OC[C@@H](O)CN[C@H]2CC[C@H](c3ccccc3C(=O)N3CCC4(CCCc5ccccc54)CC3)CC2)ccc1O. The van der Waals surface area contributed by atoms with Gasteiger partial charge in [-0.05, 0) is 104 Å². The van der Waals surface area contributed by atoms with E-state index in [4.69, 9.17) is 4.74 Å². The fraction of sp³-hybridized carbons (Fsp3) is 0.486. The number of likely N-dealkylation sites (tertiary alicyclic amines) is 1. The van der Waals surface area contributed by atoms with Crippen molar-refractivity contribution < 1.29 is 28.2 Å². The summed E-state index contributed by atoms with van der Waals surface area (Å²) in [6.45, 7) is 1.95. The summed E-state index contributed by atoms with van der Waals surface area (Å²) in [5.41, 5.74) is 5.22. The van der Waals surface area contributed by atoms with E-state index in [1.54, 1.807) is 0 Å². The van der Waals surface area contributed by atoms with Gasteiger partial charge in [-0.3, -0.25) is 4.79 Å². The summed E-state index contributed by atoms with van der Waals surface area (Å²) in [7, 11) is -3.60. The third-order valence-electron chi connectivity index (χ3n) is 10.5. The van der Waals surface area contributed by atoms with Crippen molar-refractivity contribution in [2.75, 3.05) is 32.5 Å². The van der Waals surface area contributed by atoms with Crippen LogP contribution in [0.2, 0.25) is 0 Å². The van der Waals surface area contributed by atoms with Gasteiger partial charge in [-0.15, -0.1) is 0 Å². The highest BCUT2D eigenvalue weighted by atomic mass is 32.2. The molecule has 2 aliphatic carbocycles. The maximum Gasteiger partial charge on any atom is 0.254 e. The number of aliphatic hydroxyl groups is 1. The van der Waals surface area contributed by atoms with Gasteiger partial charge in [0, 0.05) is 43.6 Å². The van der Waals surface area contributed by atoms with Crippen LogP contribution in [0.3, 0.4) is 0 Å². The molecule has 6 rings (SSSR count). The maximum absolute atomic E-state index is 13.9. The molecule has 9 heteroatoms. The Labute approximate surface area is 272 Å². The van der Waals surface area contributed by atoms with Gasteiger partial charge in [0.05, 0.1) is 0 Å². The number of nitrogens with zero attached hydrogens (tertiary/aromatic N) is 1. The number of fused-ring (bicyclic) bond motifs is 2. The van der Waals surface area contributed by atoms with Crippen molar-refractivity contribution in [3.05, 3.63) is 89.0 Å². The Morgan fingerprint density at radius 3 is 2.48 bits per heavy atom. The highest BCUT2D eigenvalue weighted by molar-refractivity contribution is 7.90. The van der Waals surface area contributed by atoms with Crippen LogP contribution in [0.15, 0.2) is 71.6 Å². The van der Waals surface area contributed by atoms with Gasteiger partial charge in [0.25, 0.3) is 5.91 Å². The summed E-state index contributed by atoms with van der Waals surface area (Å²) < 4.78 is 29.3. The summed E-state index contributed by atoms with van der Waals surface area (Å²) in [6.07, 6.45) is 9.74. The number of carbonyl (C=O) groups is 1. The lowest BCUT2D eigenvalue weighted by molar-refractivity contribution is 0.0650. The number of piperidine rings is 1. The van der Waals surface area contributed by atoms with Crippen molar-refractivity contribution in [3.8, 4) is 11.5 Å². The van der Waals surface area contributed by atoms with Gasteiger partial charge < -0.3 is 25.2 Å². The second kappa shape index (κ2) is 13.8. The topological polar surface area (TPSA) is 116 Å². The summed E-state index contributed by atoms with van der Waals surface area (Å²) >= 11 is 0. The van der Waals surface area contributed by atoms with Gasteiger partial charge in [0.2, 0.25) is 0 Å². The Morgan fingerprint density at radius 1 is 1.00 bits per heavy atom. The molecule has 0 radical (unpaired) electrons. The molecular weight excluding hydrogens is 600 g/mol. The van der Waals surface area contributed by atoms with Crippen LogP contribution in [0.4, 0.5) is 0 Å². The van der Waals surface area contributed by atoms with Crippen LogP contribution < -0.4 is 10.1 Å². The lowest BCUT2D eigenvalue weighted by Gasteiger charge is -2.45. The molecule has 3 aliphatic rings. The van der Waals surface area contributed by atoms with Crippen molar-refractivity contribution in [2.45, 2.75) is 86.2 Å². The Morgan fingerprint density at radius 2 is 1.72 bits per heavy atom. The predicted molar refractivity (Wildman–Crippen MR) is 178 cm³/mol. The van der Waals surface area contributed by atoms with E-state index in [-0.39, 0.29) is 40.4 Å². The van der Waals surface area contributed by atoms with E-state index in [0.717, 1.165) is 75.4 Å². The molecule has 1 spiro atoms. The number of amides is 1. The van der Waals surface area contributed by atoms with E-state index in [9.17, 15) is 23.4 Å². The number of hydrogen-bond acceptors (Lipinski definition) is 7. The van der Waals surface area contributed by atoms with Crippen molar-refractivity contribution in [2.24, 2.45) is 0 Å². The first kappa shape index (κ1) is 32.5. The smallest absolute Gasteiger partial charge is 0.254 e. The quantitative estimate of drug-likeness (QED) is 0.287. The maximum atomic E-state index is 13.9. The van der Waals surface area contributed by atoms with E-state index in [2.05, 4.69) is 40.5 Å². The van der Waals surface area contributed by atoms with E-state index >= 15 is 0 Å². The number of benzene rings is 3. The third kappa shape index (κ3) is 7.11. The largest absolute Gasteiger partial charge is 0.507 e. The molecule has 8 nitrogen and oxygen atoms in total. The van der Waals surface area contributed by atoms with Crippen LogP contribution in [0.1, 0.15) is 84.3 Å². The molecule has 1 saturated heterocycles. The summed E-state index contributed by atoms with van der Waals surface area (Å²) in [6, 6.07) is 21.4. The van der Waals surface area contributed by atoms with Crippen molar-refractivity contribution in [1.29, 1.82) is 0 Å². The molecule has 2 fully saturated rings. The van der Waals surface area contributed by atoms with Crippen molar-refractivity contribution >= 4 is 15.7 Å². The van der Waals surface area contributed by atoms with Crippen LogP contribution in [0, 0.1) is 0 Å². The van der Waals surface area contributed by atoms with Crippen LogP contribution in [0.5, 0.6) is 11.5 Å². The number of rotatable bonds is 9. The van der Waals surface area contributed by atoms with Gasteiger partial charge in [0.15, 0.2) is 9.84 Å². The number of sulfone groups is 1. The first-order chi connectivity index (χ1) is 22.1. The Balaban J connectivity index is 0.991. The summed E-state index contributed by atoms with van der Waals surface area (Å²) in [5.74, 6) is 0.432. The summed E-state index contributed by atoms with van der Waals surface area (Å²) in [4.78, 5) is 15.8. The molecule has 1 amide bonds. The average molecular weight is 647 g/mol. The second-order valence-electron chi connectivity index (χ2n) is 13.5.